The molecule has 0 N–H and O–H groups in total. The predicted octanol–water partition coefficient (Wildman–Crippen LogP) is 3.19. The first-order valence-electron chi connectivity index (χ1n) is 5.83. The summed E-state index contributed by atoms with van der Waals surface area (Å²) in [4.78, 5) is 15.7. The van der Waals surface area contributed by atoms with Crippen molar-refractivity contribution in [1.29, 1.82) is 0 Å². The van der Waals surface area contributed by atoms with Gasteiger partial charge in [-0.05, 0) is 41.7 Å². The Morgan fingerprint density at radius 1 is 1.12 bits per heavy atom. The van der Waals surface area contributed by atoms with Gasteiger partial charge in [0.2, 0.25) is 0 Å². The molecule has 1 aromatic carbocycles. The van der Waals surface area contributed by atoms with E-state index in [0.717, 1.165) is 17.5 Å². The van der Waals surface area contributed by atoms with Gasteiger partial charge in [-0.25, -0.2) is 0 Å². The topological polar surface area (TPSA) is 30.0 Å². The zero-order chi connectivity index (χ0) is 11.8. The number of rotatable bonds is 1. The third-order valence-corrected chi connectivity index (χ3v) is 3.36. The Balaban J connectivity index is 2.12. The van der Waals surface area contributed by atoms with E-state index in [1.807, 2.05) is 24.4 Å². The molecule has 2 nitrogen and oxygen atoms in total. The van der Waals surface area contributed by atoms with Crippen LogP contribution in [0.5, 0.6) is 0 Å². The van der Waals surface area contributed by atoms with Crippen LogP contribution in [0.15, 0.2) is 36.7 Å². The molecule has 0 saturated heterocycles. The minimum atomic E-state index is 0.276. The number of hydrogen-bond donors (Lipinski definition) is 0. The second-order valence-corrected chi connectivity index (χ2v) is 4.49. The summed E-state index contributed by atoms with van der Waals surface area (Å²) in [5.74, 6) is 0.276. The smallest absolute Gasteiger partial charge is 0.163 e. The standard InChI is InChI=1S/C15H13NO/c1-10-9-16-7-6-13(10)11-2-4-14-12(8-11)3-5-15(14)17/h2,4,6-9H,3,5H2,1H3. The maximum absolute atomic E-state index is 11.6. The van der Waals surface area contributed by atoms with E-state index in [1.165, 1.54) is 16.7 Å². The maximum atomic E-state index is 11.6. The van der Waals surface area contributed by atoms with Gasteiger partial charge in [-0.3, -0.25) is 9.78 Å². The van der Waals surface area contributed by atoms with Gasteiger partial charge in [0.25, 0.3) is 0 Å². The van der Waals surface area contributed by atoms with Crippen LogP contribution in [-0.2, 0) is 6.42 Å². The van der Waals surface area contributed by atoms with Crippen molar-refractivity contribution in [3.05, 3.63) is 53.3 Å². The molecule has 17 heavy (non-hydrogen) atoms. The van der Waals surface area contributed by atoms with Crippen LogP contribution in [0, 0.1) is 6.92 Å². The Morgan fingerprint density at radius 3 is 2.82 bits per heavy atom. The predicted molar refractivity (Wildman–Crippen MR) is 67.1 cm³/mol. The summed E-state index contributed by atoms with van der Waals surface area (Å²) < 4.78 is 0. The quantitative estimate of drug-likeness (QED) is 0.743. The average Bonchev–Trinajstić information content (AvgIpc) is 2.71. The normalized spacial score (nSPS) is 13.8. The van der Waals surface area contributed by atoms with Gasteiger partial charge in [0.05, 0.1) is 0 Å². The molecular weight excluding hydrogens is 210 g/mol. The molecule has 0 spiro atoms. The van der Waals surface area contributed by atoms with Gasteiger partial charge in [0.1, 0.15) is 0 Å². The number of carbonyl (C=O) groups is 1. The van der Waals surface area contributed by atoms with Crippen LogP contribution < -0.4 is 0 Å². The summed E-state index contributed by atoms with van der Waals surface area (Å²) in [6, 6.07) is 8.15. The Bertz CT molecular complexity index is 602. The zero-order valence-electron chi connectivity index (χ0n) is 9.73. The van der Waals surface area contributed by atoms with Gasteiger partial charge in [-0.1, -0.05) is 18.2 Å². The van der Waals surface area contributed by atoms with Crippen LogP contribution >= 0.6 is 0 Å². The lowest BCUT2D eigenvalue weighted by Crippen LogP contribution is -1.91. The fraction of sp³-hybridized carbons (Fsp3) is 0.200. The summed E-state index contributed by atoms with van der Waals surface area (Å²) in [7, 11) is 0. The fourth-order valence-corrected chi connectivity index (χ4v) is 2.42. The van der Waals surface area contributed by atoms with E-state index in [-0.39, 0.29) is 5.78 Å². The SMILES string of the molecule is Cc1cnccc1-c1ccc2c(c1)CCC2=O. The summed E-state index contributed by atoms with van der Waals surface area (Å²) in [6.45, 7) is 2.06. The third-order valence-electron chi connectivity index (χ3n) is 3.36. The first kappa shape index (κ1) is 10.2. The molecule has 1 aromatic heterocycles. The average molecular weight is 223 g/mol. The Kier molecular flexibility index (Phi) is 2.29. The van der Waals surface area contributed by atoms with Crippen molar-refractivity contribution in [2.75, 3.05) is 0 Å². The van der Waals surface area contributed by atoms with E-state index >= 15 is 0 Å². The monoisotopic (exact) mass is 223 g/mol. The van der Waals surface area contributed by atoms with Crippen LogP contribution in [0.25, 0.3) is 11.1 Å². The molecule has 1 heterocycles. The Morgan fingerprint density at radius 2 is 2.00 bits per heavy atom. The number of carbonyl (C=O) groups excluding carboxylic acids is 1. The molecule has 0 bridgehead atoms. The summed E-state index contributed by atoms with van der Waals surface area (Å²) in [5, 5.41) is 0. The van der Waals surface area contributed by atoms with Gasteiger partial charge < -0.3 is 0 Å². The summed E-state index contributed by atoms with van der Waals surface area (Å²) in [5.41, 5.74) is 5.63. The third kappa shape index (κ3) is 1.66. The second kappa shape index (κ2) is 3.81. The molecule has 84 valence electrons. The lowest BCUT2D eigenvalue weighted by Gasteiger charge is -2.07. The van der Waals surface area contributed by atoms with Crippen LogP contribution in [0.3, 0.4) is 0 Å². The van der Waals surface area contributed by atoms with Crippen molar-refractivity contribution >= 4 is 5.78 Å². The zero-order valence-corrected chi connectivity index (χ0v) is 9.73. The fourth-order valence-electron chi connectivity index (χ4n) is 2.42. The molecule has 2 aromatic rings. The molecule has 0 fully saturated rings. The van der Waals surface area contributed by atoms with E-state index in [0.29, 0.717) is 6.42 Å². The summed E-state index contributed by atoms with van der Waals surface area (Å²) in [6.07, 6.45) is 5.22. The lowest BCUT2D eigenvalue weighted by atomic mass is 9.98. The molecule has 1 aliphatic rings. The van der Waals surface area contributed by atoms with Gasteiger partial charge in [0, 0.05) is 24.4 Å². The Hall–Kier alpha value is -1.96. The van der Waals surface area contributed by atoms with E-state index in [4.69, 9.17) is 0 Å². The van der Waals surface area contributed by atoms with Crippen LogP contribution in [0.1, 0.15) is 27.9 Å². The molecule has 1 aliphatic carbocycles. The number of pyridine rings is 1. The highest BCUT2D eigenvalue weighted by Gasteiger charge is 2.19. The molecule has 0 radical (unpaired) electrons. The minimum absolute atomic E-state index is 0.276. The molecule has 0 saturated carbocycles. The van der Waals surface area contributed by atoms with Crippen molar-refractivity contribution in [2.24, 2.45) is 0 Å². The number of benzene rings is 1. The number of fused-ring (bicyclic) bond motifs is 1. The van der Waals surface area contributed by atoms with E-state index in [9.17, 15) is 4.79 Å². The number of hydrogen-bond acceptors (Lipinski definition) is 2. The number of Topliss-reactive ketones (excluding diaryl/α,β-unsaturated/α-hetero) is 1. The number of aryl methyl sites for hydroxylation is 2. The molecule has 0 atom stereocenters. The van der Waals surface area contributed by atoms with Crippen LogP contribution in [0.2, 0.25) is 0 Å². The molecule has 0 unspecified atom stereocenters. The molecular formula is C15H13NO. The largest absolute Gasteiger partial charge is 0.294 e. The van der Waals surface area contributed by atoms with Gasteiger partial charge >= 0.3 is 0 Å². The molecule has 0 aliphatic heterocycles. The number of nitrogens with zero attached hydrogens (tertiary/aromatic N) is 1. The highest BCUT2D eigenvalue weighted by Crippen LogP contribution is 2.29. The van der Waals surface area contributed by atoms with Crippen molar-refractivity contribution in [1.82, 2.24) is 4.98 Å². The maximum Gasteiger partial charge on any atom is 0.163 e. The first-order chi connectivity index (χ1) is 8.25. The first-order valence-corrected chi connectivity index (χ1v) is 5.83. The summed E-state index contributed by atoms with van der Waals surface area (Å²) >= 11 is 0. The minimum Gasteiger partial charge on any atom is -0.294 e. The molecule has 3 rings (SSSR count). The Labute approximate surface area is 100 Å². The van der Waals surface area contributed by atoms with E-state index in [2.05, 4.69) is 18.0 Å². The lowest BCUT2D eigenvalue weighted by molar-refractivity contribution is 0.0994. The van der Waals surface area contributed by atoms with E-state index in [1.54, 1.807) is 6.20 Å². The highest BCUT2D eigenvalue weighted by molar-refractivity contribution is 6.01. The second-order valence-electron chi connectivity index (χ2n) is 4.49. The van der Waals surface area contributed by atoms with Gasteiger partial charge in [-0.2, -0.15) is 0 Å². The molecule has 0 amide bonds. The van der Waals surface area contributed by atoms with Crippen molar-refractivity contribution in [3.63, 3.8) is 0 Å². The number of ketones is 1. The van der Waals surface area contributed by atoms with Crippen molar-refractivity contribution in [2.45, 2.75) is 19.8 Å². The van der Waals surface area contributed by atoms with Crippen LogP contribution in [0.4, 0.5) is 0 Å². The van der Waals surface area contributed by atoms with Crippen molar-refractivity contribution in [3.8, 4) is 11.1 Å². The van der Waals surface area contributed by atoms with Gasteiger partial charge in [-0.15, -0.1) is 0 Å². The number of aromatic nitrogens is 1. The highest BCUT2D eigenvalue weighted by atomic mass is 16.1. The van der Waals surface area contributed by atoms with Crippen molar-refractivity contribution < 1.29 is 4.79 Å². The molecule has 2 heteroatoms. The van der Waals surface area contributed by atoms with Crippen LogP contribution in [-0.4, -0.2) is 10.8 Å². The van der Waals surface area contributed by atoms with E-state index < -0.39 is 0 Å². The van der Waals surface area contributed by atoms with Gasteiger partial charge in [0.15, 0.2) is 5.78 Å².